The minimum absolute atomic E-state index is 0.0171. The summed E-state index contributed by atoms with van der Waals surface area (Å²) in [5.41, 5.74) is 2.67. The lowest BCUT2D eigenvalue weighted by atomic mass is 10.1. The number of rotatable bonds is 6. The van der Waals surface area contributed by atoms with E-state index in [0.717, 1.165) is 23.2 Å². The van der Waals surface area contributed by atoms with E-state index in [9.17, 15) is 9.59 Å². The van der Waals surface area contributed by atoms with Crippen LogP contribution in [0.2, 0.25) is 5.02 Å². The number of para-hydroxylation sites is 1. The predicted octanol–water partition coefficient (Wildman–Crippen LogP) is 4.01. The normalized spacial score (nSPS) is 10.7. The zero-order valence-corrected chi connectivity index (χ0v) is 15.1. The Bertz CT molecular complexity index is 787. The van der Waals surface area contributed by atoms with Gasteiger partial charge in [-0.05, 0) is 41.8 Å². The second kappa shape index (κ2) is 9.04. The quantitative estimate of drug-likeness (QED) is 0.795. The van der Waals surface area contributed by atoms with Crippen LogP contribution in [0.15, 0.2) is 54.6 Å². The number of carbonyl (C=O) groups is 2. The second-order valence-electron chi connectivity index (χ2n) is 5.64. The van der Waals surface area contributed by atoms with Crippen molar-refractivity contribution in [2.24, 2.45) is 0 Å². The van der Waals surface area contributed by atoms with Crippen LogP contribution >= 0.6 is 11.6 Å². The van der Waals surface area contributed by atoms with Crippen molar-refractivity contribution in [2.45, 2.75) is 13.3 Å². The van der Waals surface area contributed by atoms with Crippen molar-refractivity contribution in [1.29, 1.82) is 0 Å². The number of halogens is 1. The van der Waals surface area contributed by atoms with Gasteiger partial charge in [-0.25, -0.2) is 0 Å². The van der Waals surface area contributed by atoms with Gasteiger partial charge in [0.05, 0.1) is 6.54 Å². The fraction of sp³-hybridized carbons (Fsp3) is 0.200. The molecular formula is C20H21ClN2O2. The van der Waals surface area contributed by atoms with E-state index in [1.165, 1.54) is 11.0 Å². The third-order valence-corrected chi connectivity index (χ3v) is 3.93. The molecule has 2 rings (SSSR count). The molecule has 4 nitrogen and oxygen atoms in total. The molecule has 5 heteroatoms. The average Bonchev–Trinajstić information content (AvgIpc) is 2.60. The van der Waals surface area contributed by atoms with Crippen molar-refractivity contribution < 1.29 is 9.59 Å². The molecule has 0 bridgehead atoms. The highest BCUT2D eigenvalue weighted by atomic mass is 35.5. The maximum Gasteiger partial charge on any atom is 0.246 e. The minimum Gasteiger partial charge on any atom is -0.333 e. The molecule has 0 aliphatic carbocycles. The number of carbonyl (C=O) groups excluding carboxylic acids is 2. The van der Waals surface area contributed by atoms with Crippen molar-refractivity contribution in [1.82, 2.24) is 4.90 Å². The summed E-state index contributed by atoms with van der Waals surface area (Å²) in [7, 11) is 1.59. The van der Waals surface area contributed by atoms with Gasteiger partial charge in [0, 0.05) is 23.8 Å². The lowest BCUT2D eigenvalue weighted by Crippen LogP contribution is -2.34. The molecule has 0 fully saturated rings. The molecule has 0 saturated carbocycles. The Balaban J connectivity index is 1.93. The zero-order valence-electron chi connectivity index (χ0n) is 14.3. The molecular weight excluding hydrogens is 336 g/mol. The summed E-state index contributed by atoms with van der Waals surface area (Å²) in [6, 6.07) is 14.8. The lowest BCUT2D eigenvalue weighted by molar-refractivity contribution is -0.129. The smallest absolute Gasteiger partial charge is 0.246 e. The Morgan fingerprint density at radius 2 is 1.92 bits per heavy atom. The average molecular weight is 357 g/mol. The van der Waals surface area contributed by atoms with E-state index >= 15 is 0 Å². The molecule has 2 amide bonds. The van der Waals surface area contributed by atoms with Crippen LogP contribution in [0.25, 0.3) is 6.08 Å². The standard InChI is InChI=1S/C20H21ClN2O2/c1-3-16-8-4-5-10-18(16)22-19(24)14-23(2)20(25)12-11-15-7-6-9-17(21)13-15/h4-13H,3,14H2,1-2H3,(H,22,24). The van der Waals surface area contributed by atoms with Crippen LogP contribution < -0.4 is 5.32 Å². The molecule has 0 heterocycles. The van der Waals surface area contributed by atoms with Gasteiger partial charge in [0.2, 0.25) is 11.8 Å². The number of likely N-dealkylation sites (N-methyl/N-ethyl adjacent to an activating group) is 1. The van der Waals surface area contributed by atoms with Crippen LogP contribution in [-0.2, 0) is 16.0 Å². The van der Waals surface area contributed by atoms with E-state index in [2.05, 4.69) is 5.32 Å². The van der Waals surface area contributed by atoms with Crippen LogP contribution in [0.3, 0.4) is 0 Å². The van der Waals surface area contributed by atoms with Gasteiger partial charge >= 0.3 is 0 Å². The highest BCUT2D eigenvalue weighted by Crippen LogP contribution is 2.15. The summed E-state index contributed by atoms with van der Waals surface area (Å²) < 4.78 is 0. The summed E-state index contributed by atoms with van der Waals surface area (Å²) >= 11 is 5.91. The molecule has 2 aromatic carbocycles. The van der Waals surface area contributed by atoms with Crippen molar-refractivity contribution in [3.63, 3.8) is 0 Å². The molecule has 0 aromatic heterocycles. The number of anilines is 1. The Hall–Kier alpha value is -2.59. The molecule has 0 unspecified atom stereocenters. The number of hydrogen-bond donors (Lipinski definition) is 1. The highest BCUT2D eigenvalue weighted by molar-refractivity contribution is 6.30. The van der Waals surface area contributed by atoms with Crippen LogP contribution in [-0.4, -0.2) is 30.3 Å². The van der Waals surface area contributed by atoms with Crippen LogP contribution in [0, 0.1) is 0 Å². The van der Waals surface area contributed by atoms with Gasteiger partial charge in [0.1, 0.15) is 0 Å². The third-order valence-electron chi connectivity index (χ3n) is 3.70. The molecule has 0 saturated heterocycles. The molecule has 0 aliphatic heterocycles. The zero-order chi connectivity index (χ0) is 18.2. The van der Waals surface area contributed by atoms with E-state index in [4.69, 9.17) is 11.6 Å². The molecule has 0 aliphatic rings. The molecule has 2 aromatic rings. The summed E-state index contributed by atoms with van der Waals surface area (Å²) in [6.07, 6.45) is 3.93. The number of benzene rings is 2. The van der Waals surface area contributed by atoms with Gasteiger partial charge in [-0.1, -0.05) is 48.9 Å². The van der Waals surface area contributed by atoms with Gasteiger partial charge in [-0.3, -0.25) is 9.59 Å². The number of nitrogens with one attached hydrogen (secondary N) is 1. The summed E-state index contributed by atoms with van der Waals surface area (Å²) in [6.45, 7) is 2.01. The van der Waals surface area contributed by atoms with Crippen molar-refractivity contribution in [3.8, 4) is 0 Å². The largest absolute Gasteiger partial charge is 0.333 e. The molecule has 0 radical (unpaired) electrons. The number of aryl methyl sites for hydroxylation is 1. The van der Waals surface area contributed by atoms with Crippen molar-refractivity contribution in [2.75, 3.05) is 18.9 Å². The van der Waals surface area contributed by atoms with Gasteiger partial charge in [0.15, 0.2) is 0 Å². The first-order chi connectivity index (χ1) is 12.0. The fourth-order valence-electron chi connectivity index (χ4n) is 2.34. The van der Waals surface area contributed by atoms with E-state index < -0.39 is 0 Å². The maximum atomic E-state index is 12.2. The number of hydrogen-bond acceptors (Lipinski definition) is 2. The Morgan fingerprint density at radius 3 is 2.64 bits per heavy atom. The summed E-state index contributed by atoms with van der Waals surface area (Å²) in [5.74, 6) is -0.480. The van der Waals surface area contributed by atoms with Gasteiger partial charge in [0.25, 0.3) is 0 Å². The highest BCUT2D eigenvalue weighted by Gasteiger charge is 2.11. The summed E-state index contributed by atoms with van der Waals surface area (Å²) in [4.78, 5) is 25.7. The molecule has 1 N–H and O–H groups in total. The number of nitrogens with zero attached hydrogens (tertiary/aromatic N) is 1. The van der Waals surface area contributed by atoms with E-state index in [-0.39, 0.29) is 18.4 Å². The molecule has 0 atom stereocenters. The van der Waals surface area contributed by atoms with Gasteiger partial charge in [-0.15, -0.1) is 0 Å². The Kier molecular flexibility index (Phi) is 6.78. The van der Waals surface area contributed by atoms with Crippen LogP contribution in [0.1, 0.15) is 18.1 Å². The predicted molar refractivity (Wildman–Crippen MR) is 103 cm³/mol. The first-order valence-corrected chi connectivity index (χ1v) is 8.44. The topological polar surface area (TPSA) is 49.4 Å². The van der Waals surface area contributed by atoms with Gasteiger partial charge < -0.3 is 10.2 Å². The van der Waals surface area contributed by atoms with Crippen LogP contribution in [0.5, 0.6) is 0 Å². The van der Waals surface area contributed by atoms with Gasteiger partial charge in [-0.2, -0.15) is 0 Å². The minimum atomic E-state index is -0.251. The first kappa shape index (κ1) is 18.7. The SMILES string of the molecule is CCc1ccccc1NC(=O)CN(C)C(=O)C=Cc1cccc(Cl)c1. The van der Waals surface area contributed by atoms with E-state index in [1.807, 2.05) is 43.3 Å². The molecule has 130 valence electrons. The Morgan fingerprint density at radius 1 is 1.16 bits per heavy atom. The van der Waals surface area contributed by atoms with Crippen molar-refractivity contribution >= 4 is 35.2 Å². The third kappa shape index (κ3) is 5.76. The monoisotopic (exact) mass is 356 g/mol. The van der Waals surface area contributed by atoms with Crippen molar-refractivity contribution in [3.05, 3.63) is 70.8 Å². The number of amides is 2. The lowest BCUT2D eigenvalue weighted by Gasteiger charge is -2.16. The van der Waals surface area contributed by atoms with E-state index in [1.54, 1.807) is 25.3 Å². The second-order valence-corrected chi connectivity index (χ2v) is 6.08. The molecule has 0 spiro atoms. The maximum absolute atomic E-state index is 12.2. The Labute approximate surface area is 153 Å². The molecule has 25 heavy (non-hydrogen) atoms. The first-order valence-electron chi connectivity index (χ1n) is 8.06. The van der Waals surface area contributed by atoms with E-state index in [0.29, 0.717) is 5.02 Å². The fourth-order valence-corrected chi connectivity index (χ4v) is 2.54. The summed E-state index contributed by atoms with van der Waals surface area (Å²) in [5, 5.41) is 3.46. The van der Waals surface area contributed by atoms with Crippen LogP contribution in [0.4, 0.5) is 5.69 Å².